The van der Waals surface area contributed by atoms with Crippen LogP contribution in [0, 0.1) is 5.92 Å². The lowest BCUT2D eigenvalue weighted by Crippen LogP contribution is -2.41. The topological polar surface area (TPSA) is 96.5 Å². The Morgan fingerprint density at radius 3 is 2.30 bits per heavy atom. The van der Waals surface area contributed by atoms with E-state index in [4.69, 9.17) is 4.74 Å². The average molecular weight is 518 g/mol. The van der Waals surface area contributed by atoms with Crippen molar-refractivity contribution in [2.45, 2.75) is 52.9 Å². The van der Waals surface area contributed by atoms with Crippen molar-refractivity contribution in [2.24, 2.45) is 5.92 Å². The maximum Gasteiger partial charge on any atom is 0.273 e. The van der Waals surface area contributed by atoms with E-state index in [-0.39, 0.29) is 11.8 Å². The van der Waals surface area contributed by atoms with Gasteiger partial charge in [-0.05, 0) is 54.8 Å². The van der Waals surface area contributed by atoms with Crippen molar-refractivity contribution in [3.8, 4) is 5.75 Å². The Labute approximate surface area is 203 Å². The van der Waals surface area contributed by atoms with Crippen molar-refractivity contribution in [3.63, 3.8) is 0 Å². The van der Waals surface area contributed by atoms with Gasteiger partial charge in [0.1, 0.15) is 5.75 Å². The molecule has 178 valence electrons. The standard InChI is InChI=1S/C25H32BrN3O4/c1-4-5-6-7-14-33-22-13-10-19(26)16-21(22)25(32)29-28-24(31)18-8-11-20(12-9-18)27-23(30)15-17(2)3/h8-13,16-17H,4-7,14-15H2,1-3H3,(H,27,30)(H,28,31)(H,29,32). The van der Waals surface area contributed by atoms with Crippen molar-refractivity contribution in [2.75, 3.05) is 11.9 Å². The molecule has 0 bridgehead atoms. The van der Waals surface area contributed by atoms with Gasteiger partial charge in [-0.2, -0.15) is 0 Å². The summed E-state index contributed by atoms with van der Waals surface area (Å²) in [5, 5.41) is 2.79. The highest BCUT2D eigenvalue weighted by Crippen LogP contribution is 2.23. The number of halogens is 1. The summed E-state index contributed by atoms with van der Waals surface area (Å²) in [5.41, 5.74) is 6.13. The minimum Gasteiger partial charge on any atom is -0.493 e. The summed E-state index contributed by atoms with van der Waals surface area (Å²) >= 11 is 3.37. The van der Waals surface area contributed by atoms with Crippen LogP contribution in [0.2, 0.25) is 0 Å². The summed E-state index contributed by atoms with van der Waals surface area (Å²) in [7, 11) is 0. The Bertz CT molecular complexity index is 945. The van der Waals surface area contributed by atoms with Crippen molar-refractivity contribution >= 4 is 39.3 Å². The molecule has 7 nitrogen and oxygen atoms in total. The number of nitrogens with one attached hydrogen (secondary N) is 3. The number of amides is 3. The molecule has 33 heavy (non-hydrogen) atoms. The zero-order valence-corrected chi connectivity index (χ0v) is 21.0. The highest BCUT2D eigenvalue weighted by atomic mass is 79.9. The molecular weight excluding hydrogens is 486 g/mol. The number of benzene rings is 2. The van der Waals surface area contributed by atoms with Gasteiger partial charge in [0.2, 0.25) is 5.91 Å². The molecule has 0 saturated carbocycles. The van der Waals surface area contributed by atoms with E-state index in [0.717, 1.165) is 30.2 Å². The van der Waals surface area contributed by atoms with E-state index in [1.807, 2.05) is 13.8 Å². The fourth-order valence-electron chi connectivity index (χ4n) is 3.06. The van der Waals surface area contributed by atoms with Gasteiger partial charge in [-0.25, -0.2) is 0 Å². The van der Waals surface area contributed by atoms with E-state index in [1.54, 1.807) is 42.5 Å². The number of unbranched alkanes of at least 4 members (excludes halogenated alkanes) is 3. The summed E-state index contributed by atoms with van der Waals surface area (Å²) in [6, 6.07) is 11.6. The van der Waals surface area contributed by atoms with Crippen LogP contribution in [0.1, 0.15) is 73.6 Å². The van der Waals surface area contributed by atoms with Crippen molar-refractivity contribution in [1.82, 2.24) is 10.9 Å². The lowest BCUT2D eigenvalue weighted by molar-refractivity contribution is -0.116. The second-order valence-corrected chi connectivity index (χ2v) is 9.10. The van der Waals surface area contributed by atoms with E-state index < -0.39 is 11.8 Å². The highest BCUT2D eigenvalue weighted by molar-refractivity contribution is 9.10. The van der Waals surface area contributed by atoms with Gasteiger partial charge in [-0.15, -0.1) is 0 Å². The Morgan fingerprint density at radius 2 is 1.64 bits per heavy atom. The summed E-state index contributed by atoms with van der Waals surface area (Å²) < 4.78 is 6.52. The van der Waals surface area contributed by atoms with Crippen molar-refractivity contribution in [3.05, 3.63) is 58.1 Å². The third kappa shape index (κ3) is 9.26. The van der Waals surface area contributed by atoms with E-state index >= 15 is 0 Å². The van der Waals surface area contributed by atoms with Crippen LogP contribution < -0.4 is 20.9 Å². The molecule has 3 N–H and O–H groups in total. The minimum atomic E-state index is -0.481. The van der Waals surface area contributed by atoms with Gasteiger partial charge in [-0.1, -0.05) is 56.0 Å². The molecule has 2 rings (SSSR count). The molecule has 3 amide bonds. The Kier molecular flexibility index (Phi) is 10.9. The van der Waals surface area contributed by atoms with Crippen molar-refractivity contribution in [1.29, 1.82) is 0 Å². The Hall–Kier alpha value is -2.87. The third-order valence-electron chi connectivity index (χ3n) is 4.76. The zero-order chi connectivity index (χ0) is 24.2. The zero-order valence-electron chi connectivity index (χ0n) is 19.4. The molecule has 2 aromatic rings. The molecule has 0 spiro atoms. The molecule has 0 heterocycles. The number of ether oxygens (including phenoxy) is 1. The molecule has 0 aliphatic carbocycles. The van der Waals surface area contributed by atoms with Gasteiger partial charge in [0.15, 0.2) is 0 Å². The first-order chi connectivity index (χ1) is 15.8. The van der Waals surface area contributed by atoms with Gasteiger partial charge in [0, 0.05) is 22.1 Å². The summed E-state index contributed by atoms with van der Waals surface area (Å²) in [6.07, 6.45) is 4.70. The van der Waals surface area contributed by atoms with E-state index in [9.17, 15) is 14.4 Å². The van der Waals surface area contributed by atoms with E-state index in [2.05, 4.69) is 39.0 Å². The molecule has 0 unspecified atom stereocenters. The number of hydrogen-bond acceptors (Lipinski definition) is 4. The van der Waals surface area contributed by atoms with Crippen molar-refractivity contribution < 1.29 is 19.1 Å². The molecule has 0 atom stereocenters. The maximum absolute atomic E-state index is 12.7. The predicted octanol–water partition coefficient (Wildman–Crippen LogP) is 5.47. The van der Waals surface area contributed by atoms with Crippen LogP contribution in [0.25, 0.3) is 0 Å². The SMILES string of the molecule is CCCCCCOc1ccc(Br)cc1C(=O)NNC(=O)c1ccc(NC(=O)CC(C)C)cc1. The fraction of sp³-hybridized carbons (Fsp3) is 0.400. The largest absolute Gasteiger partial charge is 0.493 e. The second-order valence-electron chi connectivity index (χ2n) is 8.18. The molecule has 0 fully saturated rings. The van der Waals surface area contributed by atoms with Gasteiger partial charge in [-0.3, -0.25) is 25.2 Å². The molecule has 0 aromatic heterocycles. The molecule has 0 saturated heterocycles. The average Bonchev–Trinajstić information content (AvgIpc) is 2.77. The molecule has 0 aliphatic rings. The van der Waals surface area contributed by atoms with Crippen LogP contribution in [-0.2, 0) is 4.79 Å². The lowest BCUT2D eigenvalue weighted by atomic mass is 10.1. The first kappa shape index (κ1) is 26.4. The fourth-order valence-corrected chi connectivity index (χ4v) is 3.42. The smallest absolute Gasteiger partial charge is 0.273 e. The number of anilines is 1. The number of carbonyl (C=O) groups excluding carboxylic acids is 3. The van der Waals surface area contributed by atoms with Gasteiger partial charge in [0.25, 0.3) is 11.8 Å². The van der Waals surface area contributed by atoms with E-state index in [1.165, 1.54) is 0 Å². The van der Waals surface area contributed by atoms with Gasteiger partial charge in [0.05, 0.1) is 12.2 Å². The first-order valence-corrected chi connectivity index (χ1v) is 12.0. The Morgan fingerprint density at radius 1 is 0.939 bits per heavy atom. The molecule has 0 radical (unpaired) electrons. The second kappa shape index (κ2) is 13.6. The maximum atomic E-state index is 12.7. The lowest BCUT2D eigenvalue weighted by Gasteiger charge is -2.13. The third-order valence-corrected chi connectivity index (χ3v) is 5.25. The number of rotatable bonds is 11. The summed E-state index contributed by atoms with van der Waals surface area (Å²) in [4.78, 5) is 37.0. The Balaban J connectivity index is 1.92. The summed E-state index contributed by atoms with van der Waals surface area (Å²) in [5.74, 6) is -0.308. The molecule has 8 heteroatoms. The quantitative estimate of drug-likeness (QED) is 0.272. The number of hydrazine groups is 1. The van der Waals surface area contributed by atoms with Gasteiger partial charge >= 0.3 is 0 Å². The molecule has 2 aromatic carbocycles. The first-order valence-electron chi connectivity index (χ1n) is 11.2. The number of carbonyl (C=O) groups is 3. The van der Waals surface area contributed by atoms with Crippen LogP contribution in [0.15, 0.2) is 46.9 Å². The normalized spacial score (nSPS) is 10.6. The van der Waals surface area contributed by atoms with Crippen LogP contribution in [0.3, 0.4) is 0 Å². The monoisotopic (exact) mass is 517 g/mol. The van der Waals surface area contributed by atoms with Crippen LogP contribution in [-0.4, -0.2) is 24.3 Å². The highest BCUT2D eigenvalue weighted by Gasteiger charge is 2.15. The van der Waals surface area contributed by atoms with Crippen LogP contribution >= 0.6 is 15.9 Å². The van der Waals surface area contributed by atoms with Crippen LogP contribution in [0.4, 0.5) is 5.69 Å². The minimum absolute atomic E-state index is 0.0770. The predicted molar refractivity (Wildman–Crippen MR) is 133 cm³/mol. The van der Waals surface area contributed by atoms with E-state index in [0.29, 0.717) is 35.6 Å². The number of hydrogen-bond donors (Lipinski definition) is 3. The molecular formula is C25H32BrN3O4. The van der Waals surface area contributed by atoms with Crippen LogP contribution in [0.5, 0.6) is 5.75 Å². The molecule has 0 aliphatic heterocycles. The summed E-state index contributed by atoms with van der Waals surface area (Å²) in [6.45, 7) is 6.61. The van der Waals surface area contributed by atoms with Gasteiger partial charge < -0.3 is 10.1 Å².